The summed E-state index contributed by atoms with van der Waals surface area (Å²) in [5, 5.41) is 1.72. The normalized spacial score (nSPS) is 11.9. The fourth-order valence-electron chi connectivity index (χ4n) is 1.08. The molecule has 0 heterocycles. The molecule has 1 N–H and O–H groups in total. The third-order valence-electron chi connectivity index (χ3n) is 1.72. The summed E-state index contributed by atoms with van der Waals surface area (Å²) in [5.41, 5.74) is -0.475. The van der Waals surface area contributed by atoms with Crippen LogP contribution >= 0.6 is 0 Å². The first-order valence-electron chi connectivity index (χ1n) is 4.92. The molecule has 0 saturated heterocycles. The van der Waals surface area contributed by atoms with Gasteiger partial charge in [0.2, 0.25) is 0 Å². The molecule has 112 valence electrons. The lowest BCUT2D eigenvalue weighted by molar-refractivity contribution is -0.274. The molecule has 1 aromatic carbocycles. The van der Waals surface area contributed by atoms with Gasteiger partial charge < -0.3 is 9.47 Å². The number of carbonyl (C=O) groups excluding carboxylic acids is 1. The molecule has 4 nitrogen and oxygen atoms in total. The van der Waals surface area contributed by atoms with E-state index in [1.807, 2.05) is 0 Å². The Hall–Kier alpha value is -2.13. The monoisotopic (exact) mass is 303 g/mol. The van der Waals surface area contributed by atoms with Crippen LogP contribution in [0.5, 0.6) is 5.75 Å². The highest BCUT2D eigenvalue weighted by atomic mass is 19.4. The van der Waals surface area contributed by atoms with E-state index in [1.165, 1.54) is 12.1 Å². The van der Waals surface area contributed by atoms with Crippen molar-refractivity contribution in [2.45, 2.75) is 12.5 Å². The molecule has 0 atom stereocenters. The molecule has 0 unspecified atom stereocenters. The Bertz CT molecular complexity index is 471. The average molecular weight is 303 g/mol. The number of hydrogen-bond acceptors (Lipinski definition) is 3. The lowest BCUT2D eigenvalue weighted by atomic mass is 10.3. The molecule has 0 aliphatic rings. The summed E-state index contributed by atoms with van der Waals surface area (Å²) < 4.78 is 78.8. The summed E-state index contributed by atoms with van der Waals surface area (Å²) >= 11 is 0. The standard InChI is InChI=1S/C10H7F6NO3/c11-9(12,13)5-19-8(18)17-6-3-1-2-4-7(6)20-10(14,15)16/h1-4H,5H2,(H,17,18). The Morgan fingerprint density at radius 2 is 1.70 bits per heavy atom. The number of carbonyl (C=O) groups is 1. The summed E-state index contributed by atoms with van der Waals surface area (Å²) in [4.78, 5) is 11.0. The minimum Gasteiger partial charge on any atom is -0.440 e. The van der Waals surface area contributed by atoms with Crippen molar-refractivity contribution in [2.24, 2.45) is 0 Å². The molecule has 0 aliphatic heterocycles. The van der Waals surface area contributed by atoms with E-state index < -0.39 is 36.7 Å². The first-order valence-corrected chi connectivity index (χ1v) is 4.92. The number of hydrogen-bond donors (Lipinski definition) is 1. The van der Waals surface area contributed by atoms with Crippen molar-refractivity contribution < 1.29 is 40.6 Å². The minimum absolute atomic E-state index is 0.475. The number of para-hydroxylation sites is 2. The Kier molecular flexibility index (Phi) is 4.69. The van der Waals surface area contributed by atoms with E-state index in [0.717, 1.165) is 12.1 Å². The molecule has 1 aromatic rings. The molecular weight excluding hydrogens is 296 g/mol. The quantitative estimate of drug-likeness (QED) is 0.866. The highest BCUT2D eigenvalue weighted by Crippen LogP contribution is 2.30. The largest absolute Gasteiger partial charge is 0.573 e. The summed E-state index contributed by atoms with van der Waals surface area (Å²) in [6.07, 6.45) is -11.3. The number of amides is 1. The van der Waals surface area contributed by atoms with E-state index >= 15 is 0 Å². The smallest absolute Gasteiger partial charge is 0.440 e. The highest BCUT2D eigenvalue weighted by Gasteiger charge is 2.33. The van der Waals surface area contributed by atoms with Crippen LogP contribution in [-0.2, 0) is 4.74 Å². The zero-order valence-electron chi connectivity index (χ0n) is 9.51. The highest BCUT2D eigenvalue weighted by molar-refractivity contribution is 5.86. The lowest BCUT2D eigenvalue weighted by Crippen LogP contribution is -2.24. The van der Waals surface area contributed by atoms with Gasteiger partial charge in [0.05, 0.1) is 5.69 Å². The minimum atomic E-state index is -5.01. The van der Waals surface area contributed by atoms with E-state index in [2.05, 4.69) is 9.47 Å². The van der Waals surface area contributed by atoms with Crippen LogP contribution in [0.25, 0.3) is 0 Å². The molecule has 10 heteroatoms. The zero-order valence-corrected chi connectivity index (χ0v) is 9.51. The van der Waals surface area contributed by atoms with E-state index in [1.54, 1.807) is 5.32 Å². The summed E-state index contributed by atoms with van der Waals surface area (Å²) in [6.45, 7) is -1.86. The first-order chi connectivity index (χ1) is 9.07. The van der Waals surface area contributed by atoms with Crippen LogP contribution in [0.1, 0.15) is 0 Å². The Morgan fingerprint density at radius 3 is 2.25 bits per heavy atom. The van der Waals surface area contributed by atoms with Crippen LogP contribution in [-0.4, -0.2) is 25.2 Å². The van der Waals surface area contributed by atoms with Crippen LogP contribution < -0.4 is 10.1 Å². The third-order valence-corrected chi connectivity index (χ3v) is 1.72. The molecule has 1 amide bonds. The van der Waals surface area contributed by atoms with Crippen LogP contribution in [0, 0.1) is 0 Å². The van der Waals surface area contributed by atoms with Crippen molar-refractivity contribution in [2.75, 3.05) is 11.9 Å². The molecule has 0 radical (unpaired) electrons. The Morgan fingerprint density at radius 1 is 1.10 bits per heavy atom. The average Bonchev–Trinajstić information content (AvgIpc) is 2.26. The number of nitrogens with one attached hydrogen (secondary N) is 1. The summed E-state index contributed by atoms with van der Waals surface area (Å²) in [6, 6.07) is 4.33. The van der Waals surface area contributed by atoms with Gasteiger partial charge in [-0.1, -0.05) is 12.1 Å². The van der Waals surface area contributed by atoms with Gasteiger partial charge in [-0.2, -0.15) is 13.2 Å². The summed E-state index contributed by atoms with van der Waals surface area (Å²) in [5.74, 6) is -0.774. The van der Waals surface area contributed by atoms with Crippen LogP contribution in [0.2, 0.25) is 0 Å². The SMILES string of the molecule is O=C(Nc1ccccc1OC(F)(F)F)OCC(F)(F)F. The zero-order chi connectivity index (χ0) is 15.4. The fraction of sp³-hybridized carbons (Fsp3) is 0.300. The molecule has 0 aromatic heterocycles. The van der Waals surface area contributed by atoms with Crippen molar-refractivity contribution in [3.63, 3.8) is 0 Å². The van der Waals surface area contributed by atoms with Gasteiger partial charge in [0.1, 0.15) is 0 Å². The predicted molar refractivity (Wildman–Crippen MR) is 54.2 cm³/mol. The number of anilines is 1. The molecular formula is C10H7F6NO3. The second kappa shape index (κ2) is 5.88. The first kappa shape index (κ1) is 15.9. The van der Waals surface area contributed by atoms with E-state index in [-0.39, 0.29) is 0 Å². The number of halogens is 6. The van der Waals surface area contributed by atoms with Gasteiger partial charge in [0.25, 0.3) is 0 Å². The van der Waals surface area contributed by atoms with E-state index in [9.17, 15) is 31.1 Å². The maximum atomic E-state index is 12.0. The van der Waals surface area contributed by atoms with E-state index in [0.29, 0.717) is 0 Å². The van der Waals surface area contributed by atoms with E-state index in [4.69, 9.17) is 0 Å². The predicted octanol–water partition coefficient (Wildman–Crippen LogP) is 3.70. The van der Waals surface area contributed by atoms with Gasteiger partial charge in [-0.05, 0) is 12.1 Å². The van der Waals surface area contributed by atoms with Gasteiger partial charge in [-0.15, -0.1) is 13.2 Å². The fourth-order valence-corrected chi connectivity index (χ4v) is 1.08. The number of rotatable bonds is 3. The Balaban J connectivity index is 2.70. The van der Waals surface area contributed by atoms with Gasteiger partial charge in [0, 0.05) is 0 Å². The molecule has 0 saturated carbocycles. The number of ether oxygens (including phenoxy) is 2. The van der Waals surface area contributed by atoms with Crippen molar-refractivity contribution in [3.05, 3.63) is 24.3 Å². The van der Waals surface area contributed by atoms with Gasteiger partial charge in [0.15, 0.2) is 12.4 Å². The van der Waals surface area contributed by atoms with Gasteiger partial charge in [-0.3, -0.25) is 5.32 Å². The molecule has 0 spiro atoms. The molecule has 0 aliphatic carbocycles. The summed E-state index contributed by atoms with van der Waals surface area (Å²) in [7, 11) is 0. The van der Waals surface area contributed by atoms with Crippen molar-refractivity contribution in [1.82, 2.24) is 0 Å². The molecule has 0 fully saturated rings. The second-order valence-electron chi connectivity index (χ2n) is 3.36. The molecule has 20 heavy (non-hydrogen) atoms. The second-order valence-corrected chi connectivity index (χ2v) is 3.36. The van der Waals surface area contributed by atoms with Crippen LogP contribution in [0.4, 0.5) is 36.8 Å². The maximum absolute atomic E-state index is 12.0. The van der Waals surface area contributed by atoms with Gasteiger partial charge >= 0.3 is 18.6 Å². The lowest BCUT2D eigenvalue weighted by Gasteiger charge is -2.14. The topological polar surface area (TPSA) is 47.6 Å². The number of alkyl halides is 6. The van der Waals surface area contributed by atoms with Gasteiger partial charge in [-0.25, -0.2) is 4.79 Å². The maximum Gasteiger partial charge on any atom is 0.573 e. The number of benzene rings is 1. The Labute approximate surface area is 108 Å². The van der Waals surface area contributed by atoms with Crippen LogP contribution in [0.3, 0.4) is 0 Å². The third kappa shape index (κ3) is 6.16. The van der Waals surface area contributed by atoms with Crippen molar-refractivity contribution in [1.29, 1.82) is 0 Å². The molecule has 0 bridgehead atoms. The molecule has 1 rings (SSSR count). The van der Waals surface area contributed by atoms with Crippen molar-refractivity contribution >= 4 is 11.8 Å². The van der Waals surface area contributed by atoms with Crippen molar-refractivity contribution in [3.8, 4) is 5.75 Å². The van der Waals surface area contributed by atoms with Crippen LogP contribution in [0.15, 0.2) is 24.3 Å².